The van der Waals surface area contributed by atoms with Crippen LogP contribution in [0.15, 0.2) is 23.1 Å². The second kappa shape index (κ2) is 5.35. The van der Waals surface area contributed by atoms with Gasteiger partial charge in [0, 0.05) is 12.6 Å². The fourth-order valence-corrected chi connectivity index (χ4v) is 4.54. The van der Waals surface area contributed by atoms with E-state index in [4.69, 9.17) is 23.2 Å². The predicted molar refractivity (Wildman–Crippen MR) is 70.5 cm³/mol. The van der Waals surface area contributed by atoms with Crippen LogP contribution in [0, 0.1) is 0 Å². The third-order valence-electron chi connectivity index (χ3n) is 3.04. The maximum Gasteiger partial charge on any atom is 0.244 e. The van der Waals surface area contributed by atoms with Crippen molar-refractivity contribution in [1.29, 1.82) is 0 Å². The van der Waals surface area contributed by atoms with E-state index in [1.54, 1.807) is 6.07 Å². The zero-order chi connectivity index (χ0) is 13.3. The summed E-state index contributed by atoms with van der Waals surface area (Å²) in [6.45, 7) is 0.216. The lowest BCUT2D eigenvalue weighted by atomic mass is 10.2. The Bertz CT molecular complexity index is 547. The van der Waals surface area contributed by atoms with E-state index in [0.29, 0.717) is 13.0 Å². The van der Waals surface area contributed by atoms with Crippen LogP contribution >= 0.6 is 23.2 Å². The number of hydrogen-bond acceptors (Lipinski definition) is 3. The number of aliphatic hydroxyl groups excluding tert-OH is 1. The molecule has 0 bridgehead atoms. The molecule has 1 atom stereocenters. The van der Waals surface area contributed by atoms with Crippen LogP contribution in [-0.4, -0.2) is 37.0 Å². The first kappa shape index (κ1) is 14.1. The van der Waals surface area contributed by atoms with Crippen LogP contribution in [0.5, 0.6) is 0 Å². The van der Waals surface area contributed by atoms with Gasteiger partial charge in [0.1, 0.15) is 4.90 Å². The molecule has 1 fully saturated rings. The quantitative estimate of drug-likeness (QED) is 0.930. The minimum atomic E-state index is -3.70. The molecule has 1 aliphatic heterocycles. The number of nitrogens with zero attached hydrogens (tertiary/aromatic N) is 1. The van der Waals surface area contributed by atoms with E-state index in [0.717, 1.165) is 6.42 Å². The summed E-state index contributed by atoms with van der Waals surface area (Å²) in [6, 6.07) is 4.14. The predicted octanol–water partition coefficient (Wildman–Crippen LogP) is 2.14. The summed E-state index contributed by atoms with van der Waals surface area (Å²) in [5, 5.41) is 9.44. The standard InChI is InChI=1S/C11H13Cl2NO3S/c12-9-4-1-5-10(11(9)13)18(16,17)14-6-2-3-8(14)7-15/h1,4-5,8,15H,2-3,6-7H2/t8-/m1/s1. The van der Waals surface area contributed by atoms with Gasteiger partial charge in [0.15, 0.2) is 0 Å². The minimum Gasteiger partial charge on any atom is -0.395 e. The topological polar surface area (TPSA) is 57.6 Å². The molecule has 0 aromatic heterocycles. The van der Waals surface area contributed by atoms with Crippen molar-refractivity contribution in [3.05, 3.63) is 28.2 Å². The lowest BCUT2D eigenvalue weighted by Crippen LogP contribution is -2.37. The lowest BCUT2D eigenvalue weighted by molar-refractivity contribution is 0.213. The van der Waals surface area contributed by atoms with Crippen LogP contribution in [0.4, 0.5) is 0 Å². The fraction of sp³-hybridized carbons (Fsp3) is 0.455. The smallest absolute Gasteiger partial charge is 0.244 e. The first-order chi connectivity index (χ1) is 8.48. The van der Waals surface area contributed by atoms with Crippen molar-refractivity contribution in [3.8, 4) is 0 Å². The molecule has 0 amide bonds. The second-order valence-corrected chi connectivity index (χ2v) is 6.79. The van der Waals surface area contributed by atoms with E-state index >= 15 is 0 Å². The Kier molecular flexibility index (Phi) is 4.18. The van der Waals surface area contributed by atoms with Crippen molar-refractivity contribution in [1.82, 2.24) is 4.31 Å². The summed E-state index contributed by atoms with van der Waals surface area (Å²) in [7, 11) is -3.70. The molecule has 0 radical (unpaired) electrons. The van der Waals surface area contributed by atoms with E-state index in [-0.39, 0.29) is 27.6 Å². The molecule has 1 saturated heterocycles. The molecule has 1 aliphatic rings. The molecule has 0 aliphatic carbocycles. The molecule has 1 aromatic rings. The highest BCUT2D eigenvalue weighted by Crippen LogP contribution is 2.33. The Labute approximate surface area is 116 Å². The molecule has 1 N–H and O–H groups in total. The van der Waals surface area contributed by atoms with E-state index in [1.165, 1.54) is 16.4 Å². The van der Waals surface area contributed by atoms with Gasteiger partial charge in [0.2, 0.25) is 10.0 Å². The summed E-state index contributed by atoms with van der Waals surface area (Å²) in [6.07, 6.45) is 1.40. The first-order valence-corrected chi connectivity index (χ1v) is 7.75. The Morgan fingerprint density at radius 3 is 2.78 bits per heavy atom. The van der Waals surface area contributed by atoms with Gasteiger partial charge in [-0.15, -0.1) is 0 Å². The van der Waals surface area contributed by atoms with Gasteiger partial charge in [-0.05, 0) is 25.0 Å². The Hall–Kier alpha value is -0.330. The summed E-state index contributed by atoms with van der Waals surface area (Å²) >= 11 is 11.8. The van der Waals surface area contributed by atoms with Crippen LogP contribution in [0.2, 0.25) is 10.0 Å². The van der Waals surface area contributed by atoms with Crippen LogP contribution < -0.4 is 0 Å². The highest BCUT2D eigenvalue weighted by Gasteiger charge is 2.36. The van der Waals surface area contributed by atoms with E-state index < -0.39 is 10.0 Å². The molecule has 7 heteroatoms. The fourth-order valence-electron chi connectivity index (χ4n) is 2.12. The number of benzene rings is 1. The van der Waals surface area contributed by atoms with Crippen molar-refractivity contribution in [2.45, 2.75) is 23.8 Å². The third kappa shape index (κ3) is 2.38. The average molecular weight is 310 g/mol. The molecule has 18 heavy (non-hydrogen) atoms. The van der Waals surface area contributed by atoms with Gasteiger partial charge >= 0.3 is 0 Å². The molecule has 1 heterocycles. The molecule has 2 rings (SSSR count). The second-order valence-electron chi connectivity index (χ2n) is 4.15. The van der Waals surface area contributed by atoms with Gasteiger partial charge in [-0.25, -0.2) is 8.42 Å². The van der Waals surface area contributed by atoms with Crippen molar-refractivity contribution < 1.29 is 13.5 Å². The number of aliphatic hydroxyl groups is 1. The van der Waals surface area contributed by atoms with Gasteiger partial charge in [-0.3, -0.25) is 0 Å². The Balaban J connectivity index is 2.45. The Morgan fingerprint density at radius 2 is 2.11 bits per heavy atom. The molecule has 100 valence electrons. The SMILES string of the molecule is O=S(=O)(c1cccc(Cl)c1Cl)N1CCC[C@@H]1CO. The summed E-state index contributed by atoms with van der Waals surface area (Å²) in [5.74, 6) is 0. The van der Waals surface area contributed by atoms with Gasteiger partial charge in [-0.1, -0.05) is 29.3 Å². The first-order valence-electron chi connectivity index (χ1n) is 5.55. The zero-order valence-corrected chi connectivity index (χ0v) is 11.8. The summed E-state index contributed by atoms with van der Waals surface area (Å²) in [5.41, 5.74) is 0. The molecule has 1 aromatic carbocycles. The van der Waals surface area contributed by atoms with Gasteiger partial charge in [0.25, 0.3) is 0 Å². The van der Waals surface area contributed by atoms with Crippen molar-refractivity contribution in [3.63, 3.8) is 0 Å². The minimum absolute atomic E-state index is 0.00276. The van der Waals surface area contributed by atoms with Gasteiger partial charge in [0.05, 0.1) is 16.7 Å². The average Bonchev–Trinajstić information content (AvgIpc) is 2.81. The summed E-state index contributed by atoms with van der Waals surface area (Å²) in [4.78, 5) is -0.00276. The highest BCUT2D eigenvalue weighted by molar-refractivity contribution is 7.89. The number of rotatable bonds is 3. The van der Waals surface area contributed by atoms with Crippen LogP contribution in [0.25, 0.3) is 0 Å². The Morgan fingerprint density at radius 1 is 1.39 bits per heavy atom. The number of hydrogen-bond donors (Lipinski definition) is 1. The van der Waals surface area contributed by atoms with Crippen LogP contribution in [0.3, 0.4) is 0 Å². The molecule has 0 spiro atoms. The van der Waals surface area contributed by atoms with Gasteiger partial charge in [-0.2, -0.15) is 4.31 Å². The lowest BCUT2D eigenvalue weighted by Gasteiger charge is -2.23. The zero-order valence-electron chi connectivity index (χ0n) is 9.51. The van der Waals surface area contributed by atoms with E-state index in [1.807, 2.05) is 0 Å². The normalized spacial score (nSPS) is 21.4. The largest absolute Gasteiger partial charge is 0.395 e. The number of sulfonamides is 1. The third-order valence-corrected chi connectivity index (χ3v) is 5.96. The van der Waals surface area contributed by atoms with Crippen LogP contribution in [-0.2, 0) is 10.0 Å². The molecule has 4 nitrogen and oxygen atoms in total. The monoisotopic (exact) mass is 309 g/mol. The molecular formula is C11H13Cl2NO3S. The maximum absolute atomic E-state index is 12.4. The molecule has 0 saturated carbocycles. The van der Waals surface area contributed by atoms with E-state index in [2.05, 4.69) is 0 Å². The molecule has 0 unspecified atom stereocenters. The van der Waals surface area contributed by atoms with E-state index in [9.17, 15) is 13.5 Å². The van der Waals surface area contributed by atoms with Gasteiger partial charge < -0.3 is 5.11 Å². The van der Waals surface area contributed by atoms with Crippen molar-refractivity contribution in [2.24, 2.45) is 0 Å². The maximum atomic E-state index is 12.4. The number of halogens is 2. The van der Waals surface area contributed by atoms with Crippen LogP contribution in [0.1, 0.15) is 12.8 Å². The van der Waals surface area contributed by atoms with Crippen molar-refractivity contribution in [2.75, 3.05) is 13.2 Å². The molecular weight excluding hydrogens is 297 g/mol. The van der Waals surface area contributed by atoms with Crippen molar-refractivity contribution >= 4 is 33.2 Å². The highest BCUT2D eigenvalue weighted by atomic mass is 35.5. The summed E-state index contributed by atoms with van der Waals surface area (Å²) < 4.78 is 26.2.